The van der Waals surface area contributed by atoms with E-state index in [4.69, 9.17) is 16.3 Å². The summed E-state index contributed by atoms with van der Waals surface area (Å²) in [6.45, 7) is 1.77. The van der Waals surface area contributed by atoms with E-state index in [-0.39, 0.29) is 23.4 Å². The fraction of sp³-hybridized carbons (Fsp3) is 0.160. The van der Waals surface area contributed by atoms with Gasteiger partial charge < -0.3 is 10.1 Å². The second kappa shape index (κ2) is 8.36. The van der Waals surface area contributed by atoms with Gasteiger partial charge in [-0.05, 0) is 29.7 Å². The number of carbonyl (C=O) groups excluding carboxylic acids is 3. The summed E-state index contributed by atoms with van der Waals surface area (Å²) in [6.07, 6.45) is -0.158. The van der Waals surface area contributed by atoms with E-state index in [1.54, 1.807) is 67.6 Å². The van der Waals surface area contributed by atoms with E-state index in [0.29, 0.717) is 16.8 Å². The zero-order chi connectivity index (χ0) is 22.0. The molecule has 0 spiro atoms. The molecule has 1 heterocycles. The minimum atomic E-state index is -2.04. The molecular formula is C25H20ClNO4. The second-order valence-electron chi connectivity index (χ2n) is 7.52. The Hall–Kier alpha value is -3.44. The summed E-state index contributed by atoms with van der Waals surface area (Å²) in [5.41, 5.74) is 0.573. The first-order valence-electron chi connectivity index (χ1n) is 9.86. The number of benzene rings is 3. The topological polar surface area (TPSA) is 72.5 Å². The molecule has 3 aromatic rings. The summed E-state index contributed by atoms with van der Waals surface area (Å²) >= 11 is 6.34. The minimum absolute atomic E-state index is 0.0631. The Kier molecular flexibility index (Phi) is 5.61. The first-order valence-corrected chi connectivity index (χ1v) is 10.2. The minimum Gasteiger partial charge on any atom is -0.440 e. The molecule has 4 rings (SSSR count). The van der Waals surface area contributed by atoms with Gasteiger partial charge in [0.05, 0.1) is 22.7 Å². The molecule has 3 aromatic carbocycles. The SMILES string of the molecule is Cc1ccc(Cl)c2c1NC(=O)C(Cc1ccccc1)(OC(=O)Cc1ccccc1)C2=O. The van der Waals surface area contributed by atoms with Crippen LogP contribution in [0.15, 0.2) is 72.8 Å². The van der Waals surface area contributed by atoms with Crippen LogP contribution >= 0.6 is 11.6 Å². The lowest BCUT2D eigenvalue weighted by Gasteiger charge is -2.36. The maximum absolute atomic E-state index is 13.7. The molecule has 1 unspecified atom stereocenters. The van der Waals surface area contributed by atoms with Gasteiger partial charge in [0, 0.05) is 6.42 Å². The van der Waals surface area contributed by atoms with Gasteiger partial charge in [-0.2, -0.15) is 0 Å². The van der Waals surface area contributed by atoms with E-state index in [0.717, 1.165) is 5.56 Å². The normalized spacial score (nSPS) is 17.6. The van der Waals surface area contributed by atoms with Crippen molar-refractivity contribution in [3.63, 3.8) is 0 Å². The molecule has 6 heteroatoms. The number of Topliss-reactive ketones (excluding diaryl/α,β-unsaturated/α-hetero) is 1. The fourth-order valence-electron chi connectivity index (χ4n) is 3.75. The molecule has 5 nitrogen and oxygen atoms in total. The summed E-state index contributed by atoms with van der Waals surface area (Å²) < 4.78 is 5.70. The predicted molar refractivity (Wildman–Crippen MR) is 118 cm³/mol. The third-order valence-corrected chi connectivity index (χ3v) is 5.65. The molecule has 0 aliphatic carbocycles. The molecule has 156 valence electrons. The predicted octanol–water partition coefficient (Wildman–Crippen LogP) is 4.55. The van der Waals surface area contributed by atoms with Crippen LogP contribution in [-0.4, -0.2) is 23.3 Å². The van der Waals surface area contributed by atoms with Gasteiger partial charge >= 0.3 is 5.97 Å². The van der Waals surface area contributed by atoms with Crippen LogP contribution in [0.2, 0.25) is 5.02 Å². The van der Waals surface area contributed by atoms with E-state index in [1.807, 2.05) is 12.1 Å². The number of rotatable bonds is 5. The molecular weight excluding hydrogens is 414 g/mol. The molecule has 0 fully saturated rings. The van der Waals surface area contributed by atoms with Gasteiger partial charge in [-0.1, -0.05) is 78.3 Å². The molecule has 1 aliphatic rings. The summed E-state index contributed by atoms with van der Waals surface area (Å²) in [6, 6.07) is 21.3. The maximum atomic E-state index is 13.7. The number of anilines is 1. The third kappa shape index (κ3) is 3.97. The van der Waals surface area contributed by atoms with Crippen molar-refractivity contribution in [1.29, 1.82) is 0 Å². The van der Waals surface area contributed by atoms with Gasteiger partial charge in [0.25, 0.3) is 11.5 Å². The van der Waals surface area contributed by atoms with Crippen molar-refractivity contribution >= 4 is 34.9 Å². The van der Waals surface area contributed by atoms with Gasteiger partial charge in [-0.25, -0.2) is 0 Å². The van der Waals surface area contributed by atoms with E-state index < -0.39 is 23.3 Å². The Balaban J connectivity index is 1.77. The number of hydrogen-bond acceptors (Lipinski definition) is 4. The van der Waals surface area contributed by atoms with Gasteiger partial charge in [-0.15, -0.1) is 0 Å². The second-order valence-corrected chi connectivity index (χ2v) is 7.93. The van der Waals surface area contributed by atoms with Gasteiger partial charge in [0.1, 0.15) is 0 Å². The van der Waals surface area contributed by atoms with Crippen molar-refractivity contribution in [2.24, 2.45) is 0 Å². The van der Waals surface area contributed by atoms with E-state index in [9.17, 15) is 14.4 Å². The van der Waals surface area contributed by atoms with Crippen LogP contribution in [0, 0.1) is 6.92 Å². The van der Waals surface area contributed by atoms with Crippen LogP contribution in [0.1, 0.15) is 27.0 Å². The Labute approximate surface area is 185 Å². The number of esters is 1. The monoisotopic (exact) mass is 433 g/mol. The molecule has 0 aromatic heterocycles. The largest absolute Gasteiger partial charge is 0.440 e. The van der Waals surface area contributed by atoms with Crippen molar-refractivity contribution in [2.45, 2.75) is 25.4 Å². The lowest BCUT2D eigenvalue weighted by molar-refractivity contribution is -0.161. The number of halogens is 1. The lowest BCUT2D eigenvalue weighted by atomic mass is 9.81. The number of nitrogens with one attached hydrogen (secondary N) is 1. The third-order valence-electron chi connectivity index (χ3n) is 5.34. The van der Waals surface area contributed by atoms with Crippen molar-refractivity contribution in [3.8, 4) is 0 Å². The molecule has 1 N–H and O–H groups in total. The lowest BCUT2D eigenvalue weighted by Crippen LogP contribution is -2.58. The van der Waals surface area contributed by atoms with Gasteiger partial charge in [0.15, 0.2) is 0 Å². The van der Waals surface area contributed by atoms with Crippen LogP contribution in [0.3, 0.4) is 0 Å². The number of fused-ring (bicyclic) bond motifs is 1. The Morgan fingerprint density at radius 3 is 2.19 bits per heavy atom. The average Bonchev–Trinajstić information content (AvgIpc) is 2.76. The molecule has 0 bridgehead atoms. The number of amides is 1. The van der Waals surface area contributed by atoms with Crippen molar-refractivity contribution in [2.75, 3.05) is 5.32 Å². The first kappa shape index (κ1) is 20.8. The Morgan fingerprint density at radius 1 is 0.935 bits per heavy atom. The molecule has 0 saturated carbocycles. The molecule has 1 atom stereocenters. The zero-order valence-electron chi connectivity index (χ0n) is 16.9. The average molecular weight is 434 g/mol. The van der Waals surface area contributed by atoms with Crippen LogP contribution in [0.5, 0.6) is 0 Å². The highest BCUT2D eigenvalue weighted by molar-refractivity contribution is 6.38. The number of ketones is 1. The van der Waals surface area contributed by atoms with Crippen molar-refractivity contribution in [1.82, 2.24) is 0 Å². The summed E-state index contributed by atoms with van der Waals surface area (Å²) in [5.74, 6) is -1.97. The van der Waals surface area contributed by atoms with Gasteiger partial charge in [0.2, 0.25) is 5.78 Å². The number of carbonyl (C=O) groups is 3. The molecule has 0 radical (unpaired) electrons. The van der Waals surface area contributed by atoms with Crippen LogP contribution in [0.4, 0.5) is 5.69 Å². The summed E-state index contributed by atoms with van der Waals surface area (Å²) in [4.78, 5) is 39.8. The van der Waals surface area contributed by atoms with Crippen molar-refractivity contribution in [3.05, 3.63) is 100 Å². The first-order chi connectivity index (χ1) is 14.9. The highest BCUT2D eigenvalue weighted by Crippen LogP contribution is 2.39. The molecule has 1 amide bonds. The quantitative estimate of drug-likeness (QED) is 0.473. The molecule has 1 aliphatic heterocycles. The Bertz CT molecular complexity index is 1160. The van der Waals surface area contributed by atoms with Crippen LogP contribution in [-0.2, 0) is 27.2 Å². The Morgan fingerprint density at radius 2 is 1.55 bits per heavy atom. The highest BCUT2D eigenvalue weighted by Gasteiger charge is 2.54. The van der Waals surface area contributed by atoms with Crippen LogP contribution in [0.25, 0.3) is 0 Å². The van der Waals surface area contributed by atoms with E-state index >= 15 is 0 Å². The van der Waals surface area contributed by atoms with E-state index in [1.165, 1.54) is 0 Å². The summed E-state index contributed by atoms with van der Waals surface area (Å²) in [7, 11) is 0. The van der Waals surface area contributed by atoms with Gasteiger partial charge in [-0.3, -0.25) is 14.4 Å². The number of aryl methyl sites for hydroxylation is 1. The van der Waals surface area contributed by atoms with E-state index in [2.05, 4.69) is 5.32 Å². The van der Waals surface area contributed by atoms with Crippen LogP contribution < -0.4 is 5.32 Å². The highest BCUT2D eigenvalue weighted by atomic mass is 35.5. The number of ether oxygens (including phenoxy) is 1. The van der Waals surface area contributed by atoms with Crippen molar-refractivity contribution < 1.29 is 19.1 Å². The summed E-state index contributed by atoms with van der Waals surface area (Å²) in [5, 5.41) is 2.95. The molecule has 31 heavy (non-hydrogen) atoms. The fourth-order valence-corrected chi connectivity index (χ4v) is 3.99. The standard InChI is InChI=1S/C25H20ClNO4/c1-16-12-13-19(26)21-22(16)27-24(30)25(23(21)29,15-18-10-6-3-7-11-18)31-20(28)14-17-8-4-2-5-9-17/h2-13H,14-15H2,1H3,(H,27,30). The maximum Gasteiger partial charge on any atom is 0.311 e. The zero-order valence-corrected chi connectivity index (χ0v) is 17.6. The number of hydrogen-bond donors (Lipinski definition) is 1. The molecule has 0 saturated heterocycles. The smallest absolute Gasteiger partial charge is 0.311 e.